The van der Waals surface area contributed by atoms with Crippen molar-refractivity contribution in [1.29, 1.82) is 0 Å². The quantitative estimate of drug-likeness (QED) is 0.670. The third-order valence-corrected chi connectivity index (χ3v) is 3.16. The van der Waals surface area contributed by atoms with Crippen molar-refractivity contribution in [2.24, 2.45) is 0 Å². The average molecular weight is 203 g/mol. The summed E-state index contributed by atoms with van der Waals surface area (Å²) < 4.78 is 5.37. The summed E-state index contributed by atoms with van der Waals surface area (Å²) in [5.41, 5.74) is 0. The first-order chi connectivity index (χ1) is 6.15. The lowest BCUT2D eigenvalue weighted by molar-refractivity contribution is -0.137. The average Bonchev–Trinajstić information content (AvgIpc) is 2.15. The van der Waals surface area contributed by atoms with E-state index in [0.29, 0.717) is 6.61 Å². The number of ether oxygens (including phenoxy) is 1. The molecule has 1 amide bonds. The molecule has 1 fully saturated rings. The van der Waals surface area contributed by atoms with Crippen LogP contribution in [-0.2, 0) is 9.53 Å². The van der Waals surface area contributed by atoms with Gasteiger partial charge in [0.15, 0.2) is 0 Å². The van der Waals surface area contributed by atoms with Crippen molar-refractivity contribution in [2.45, 2.75) is 25.2 Å². The van der Waals surface area contributed by atoms with E-state index in [1.807, 2.05) is 25.0 Å². The van der Waals surface area contributed by atoms with Gasteiger partial charge in [0, 0.05) is 13.1 Å². The van der Waals surface area contributed by atoms with E-state index in [-0.39, 0.29) is 17.3 Å². The molecule has 1 aliphatic heterocycles. The van der Waals surface area contributed by atoms with Crippen LogP contribution < -0.4 is 0 Å². The fourth-order valence-electron chi connectivity index (χ4n) is 1.38. The van der Waals surface area contributed by atoms with Crippen molar-refractivity contribution in [3.05, 3.63) is 0 Å². The summed E-state index contributed by atoms with van der Waals surface area (Å²) in [7, 11) is 0. The third-order valence-electron chi connectivity index (χ3n) is 2.25. The van der Waals surface area contributed by atoms with Crippen LogP contribution in [0.3, 0.4) is 0 Å². The Bertz CT molecular complexity index is 186. The Morgan fingerprint density at radius 3 is 2.92 bits per heavy atom. The number of thioether (sulfide) groups is 1. The molecule has 0 aromatic heterocycles. The number of hydrogen-bond donors (Lipinski definition) is 0. The summed E-state index contributed by atoms with van der Waals surface area (Å²) in [6.07, 6.45) is 2.15. The molecule has 0 spiro atoms. The lowest BCUT2D eigenvalue weighted by Gasteiger charge is -2.32. The van der Waals surface area contributed by atoms with Gasteiger partial charge in [-0.3, -0.25) is 4.79 Å². The molecule has 76 valence electrons. The third kappa shape index (κ3) is 2.88. The van der Waals surface area contributed by atoms with Crippen LogP contribution in [0.2, 0.25) is 0 Å². The van der Waals surface area contributed by atoms with Gasteiger partial charge in [0.2, 0.25) is 5.91 Å². The second-order valence-electron chi connectivity index (χ2n) is 3.34. The van der Waals surface area contributed by atoms with E-state index < -0.39 is 0 Å². The van der Waals surface area contributed by atoms with Gasteiger partial charge in [-0.15, -0.1) is 0 Å². The van der Waals surface area contributed by atoms with E-state index >= 15 is 0 Å². The van der Waals surface area contributed by atoms with E-state index in [0.717, 1.165) is 13.1 Å². The summed E-state index contributed by atoms with van der Waals surface area (Å²) in [6.45, 7) is 6.11. The molecule has 2 unspecified atom stereocenters. The maximum atomic E-state index is 11.7. The molecule has 1 rings (SSSR count). The zero-order valence-electron chi connectivity index (χ0n) is 8.45. The van der Waals surface area contributed by atoms with E-state index in [1.165, 1.54) is 0 Å². The van der Waals surface area contributed by atoms with Crippen molar-refractivity contribution < 1.29 is 9.53 Å². The van der Waals surface area contributed by atoms with Crippen molar-refractivity contribution in [3.63, 3.8) is 0 Å². The molecule has 1 heterocycles. The Kier molecular flexibility index (Phi) is 4.06. The molecule has 2 atom stereocenters. The topological polar surface area (TPSA) is 29.5 Å². The standard InChI is InChI=1S/C9H17NO2S/c1-7-6-10(4-5-12-7)9(11)8(2)13-3/h7-8H,4-6H2,1-3H3. The second kappa shape index (κ2) is 4.86. The number of amides is 1. The first-order valence-electron chi connectivity index (χ1n) is 4.58. The number of nitrogens with zero attached hydrogens (tertiary/aromatic N) is 1. The van der Waals surface area contributed by atoms with Gasteiger partial charge in [-0.1, -0.05) is 0 Å². The van der Waals surface area contributed by atoms with E-state index in [2.05, 4.69) is 0 Å². The molecule has 13 heavy (non-hydrogen) atoms. The highest BCUT2D eigenvalue weighted by Gasteiger charge is 2.24. The molecular weight excluding hydrogens is 186 g/mol. The van der Waals surface area contributed by atoms with Gasteiger partial charge < -0.3 is 9.64 Å². The SMILES string of the molecule is CSC(C)C(=O)N1CCOC(C)C1. The first kappa shape index (κ1) is 10.9. The van der Waals surface area contributed by atoms with Crippen LogP contribution in [-0.4, -0.2) is 48.1 Å². The molecule has 0 N–H and O–H groups in total. The second-order valence-corrected chi connectivity index (χ2v) is 4.52. The van der Waals surface area contributed by atoms with Crippen molar-refractivity contribution >= 4 is 17.7 Å². The summed E-state index contributed by atoms with van der Waals surface area (Å²) in [6, 6.07) is 0. The van der Waals surface area contributed by atoms with Crippen LogP contribution in [0.4, 0.5) is 0 Å². The first-order valence-corrected chi connectivity index (χ1v) is 5.87. The molecule has 0 aliphatic carbocycles. The van der Waals surface area contributed by atoms with Crippen LogP contribution in [0.5, 0.6) is 0 Å². The van der Waals surface area contributed by atoms with Crippen LogP contribution >= 0.6 is 11.8 Å². The Morgan fingerprint density at radius 2 is 2.38 bits per heavy atom. The fourth-order valence-corrected chi connectivity index (χ4v) is 1.73. The van der Waals surface area contributed by atoms with Gasteiger partial charge in [-0.25, -0.2) is 0 Å². The van der Waals surface area contributed by atoms with Gasteiger partial charge in [-0.2, -0.15) is 11.8 Å². The normalized spacial score (nSPS) is 25.8. The lowest BCUT2D eigenvalue weighted by atomic mass is 10.3. The molecule has 0 saturated carbocycles. The minimum absolute atomic E-state index is 0.0744. The Morgan fingerprint density at radius 1 is 1.69 bits per heavy atom. The highest BCUT2D eigenvalue weighted by molar-refractivity contribution is 7.99. The minimum atomic E-state index is 0.0744. The van der Waals surface area contributed by atoms with Gasteiger partial charge in [0.05, 0.1) is 18.0 Å². The summed E-state index contributed by atoms with van der Waals surface area (Å²) in [4.78, 5) is 13.6. The maximum absolute atomic E-state index is 11.7. The van der Waals surface area contributed by atoms with E-state index in [1.54, 1.807) is 11.8 Å². The van der Waals surface area contributed by atoms with Crippen LogP contribution in [0.25, 0.3) is 0 Å². The van der Waals surface area contributed by atoms with E-state index in [9.17, 15) is 4.79 Å². The zero-order valence-corrected chi connectivity index (χ0v) is 9.26. The summed E-state index contributed by atoms with van der Waals surface area (Å²) in [5, 5.41) is 0.0744. The van der Waals surface area contributed by atoms with E-state index in [4.69, 9.17) is 4.74 Å². The Balaban J connectivity index is 2.46. The van der Waals surface area contributed by atoms with Gasteiger partial charge in [0.1, 0.15) is 0 Å². The number of rotatable bonds is 2. The van der Waals surface area contributed by atoms with Gasteiger partial charge >= 0.3 is 0 Å². The maximum Gasteiger partial charge on any atom is 0.235 e. The monoisotopic (exact) mass is 203 g/mol. The van der Waals surface area contributed by atoms with Gasteiger partial charge in [0.25, 0.3) is 0 Å². The highest BCUT2D eigenvalue weighted by atomic mass is 32.2. The molecular formula is C9H17NO2S. The number of carbonyl (C=O) groups is 1. The predicted molar refractivity (Wildman–Crippen MR) is 55.0 cm³/mol. The molecule has 0 aromatic carbocycles. The molecule has 4 heteroatoms. The van der Waals surface area contributed by atoms with Crippen LogP contribution in [0, 0.1) is 0 Å². The summed E-state index contributed by atoms with van der Waals surface area (Å²) in [5.74, 6) is 0.239. The Labute approximate surface area is 83.8 Å². The molecule has 3 nitrogen and oxygen atoms in total. The lowest BCUT2D eigenvalue weighted by Crippen LogP contribution is -2.47. The molecule has 0 aromatic rings. The van der Waals surface area contributed by atoms with Gasteiger partial charge in [-0.05, 0) is 20.1 Å². The molecule has 1 aliphatic rings. The number of morpholine rings is 1. The number of hydrogen-bond acceptors (Lipinski definition) is 3. The minimum Gasteiger partial charge on any atom is -0.375 e. The number of carbonyl (C=O) groups excluding carboxylic acids is 1. The van der Waals surface area contributed by atoms with Crippen molar-refractivity contribution in [2.75, 3.05) is 26.0 Å². The molecule has 0 bridgehead atoms. The largest absolute Gasteiger partial charge is 0.375 e. The van der Waals surface area contributed by atoms with Crippen LogP contribution in [0.15, 0.2) is 0 Å². The Hall–Kier alpha value is -0.220. The fraction of sp³-hybridized carbons (Fsp3) is 0.889. The molecule has 0 radical (unpaired) electrons. The van der Waals surface area contributed by atoms with Crippen LogP contribution in [0.1, 0.15) is 13.8 Å². The summed E-state index contributed by atoms with van der Waals surface area (Å²) >= 11 is 1.60. The predicted octanol–water partition coefficient (Wildman–Crippen LogP) is 0.985. The highest BCUT2D eigenvalue weighted by Crippen LogP contribution is 2.12. The van der Waals surface area contributed by atoms with Crippen molar-refractivity contribution in [1.82, 2.24) is 4.90 Å². The molecule has 1 saturated heterocycles. The zero-order chi connectivity index (χ0) is 9.84. The van der Waals surface area contributed by atoms with Crippen molar-refractivity contribution in [3.8, 4) is 0 Å². The smallest absolute Gasteiger partial charge is 0.235 e.